The molecule has 0 spiro atoms. The lowest BCUT2D eigenvalue weighted by Gasteiger charge is -2.34. The molecule has 3 rings (SSSR count). The average molecular weight is 417 g/mol. The Hall–Kier alpha value is -2.11. The molecule has 0 bridgehead atoms. The molecule has 29 heavy (non-hydrogen) atoms. The topological polar surface area (TPSA) is 67.8 Å². The number of carbonyl (C=O) groups excluding carboxylic acids is 1. The number of hydrogen-bond acceptors (Lipinski definition) is 6. The van der Waals surface area contributed by atoms with Crippen LogP contribution < -0.4 is 4.90 Å². The average Bonchev–Trinajstić information content (AvgIpc) is 2.64. The van der Waals surface area contributed by atoms with E-state index in [0.717, 1.165) is 30.2 Å². The predicted octanol–water partition coefficient (Wildman–Crippen LogP) is 2.84. The molecular formula is C21H32N4O3Si. The summed E-state index contributed by atoms with van der Waals surface area (Å²) in [6.07, 6.45) is 0.410. The van der Waals surface area contributed by atoms with Gasteiger partial charge in [0.1, 0.15) is 19.5 Å². The Morgan fingerprint density at radius 2 is 1.83 bits per heavy atom. The second-order valence-corrected chi connectivity index (χ2v) is 14.3. The molecule has 158 valence electrons. The third kappa shape index (κ3) is 5.94. The summed E-state index contributed by atoms with van der Waals surface area (Å²) in [5.41, 5.74) is 4.83. The van der Waals surface area contributed by atoms with Crippen molar-refractivity contribution in [3.63, 3.8) is 0 Å². The molecule has 0 aromatic carbocycles. The van der Waals surface area contributed by atoms with Crippen LogP contribution in [0.15, 0.2) is 0 Å². The Morgan fingerprint density at radius 3 is 2.45 bits per heavy atom. The number of hydrogen-bond donors (Lipinski definition) is 0. The minimum absolute atomic E-state index is 0.301. The van der Waals surface area contributed by atoms with Gasteiger partial charge in [0.25, 0.3) is 0 Å². The Labute approximate surface area is 174 Å². The molecule has 0 aliphatic carbocycles. The zero-order chi connectivity index (χ0) is 21.2. The van der Waals surface area contributed by atoms with Gasteiger partial charge in [-0.1, -0.05) is 19.6 Å². The van der Waals surface area contributed by atoms with E-state index in [9.17, 15) is 4.79 Å². The van der Waals surface area contributed by atoms with Crippen LogP contribution in [-0.4, -0.2) is 67.5 Å². The SMILES string of the molecule is CC(C)(C)OC(=O)N1CCc2c(nc(C#C[Si](C)(C)C)nc2N2CCOCC2)C1. The molecule has 8 heteroatoms. The second kappa shape index (κ2) is 8.32. The minimum atomic E-state index is -1.55. The summed E-state index contributed by atoms with van der Waals surface area (Å²) in [6, 6.07) is 0. The van der Waals surface area contributed by atoms with Gasteiger partial charge in [-0.15, -0.1) is 5.54 Å². The molecule has 0 N–H and O–H groups in total. The number of carbonyl (C=O) groups is 1. The fourth-order valence-corrected chi connectivity index (χ4v) is 3.72. The molecule has 2 aliphatic rings. The first-order valence-corrected chi connectivity index (χ1v) is 13.8. The van der Waals surface area contributed by atoms with Crippen molar-refractivity contribution in [3.05, 3.63) is 17.1 Å². The summed E-state index contributed by atoms with van der Waals surface area (Å²) in [6.45, 7) is 16.3. The molecule has 1 aromatic rings. The van der Waals surface area contributed by atoms with Crippen LogP contribution in [0.25, 0.3) is 0 Å². The van der Waals surface area contributed by atoms with Crippen molar-refractivity contribution in [2.45, 2.75) is 59.0 Å². The van der Waals surface area contributed by atoms with E-state index in [-0.39, 0.29) is 6.09 Å². The third-order valence-corrected chi connectivity index (χ3v) is 5.43. The van der Waals surface area contributed by atoms with Crippen molar-refractivity contribution in [1.82, 2.24) is 14.9 Å². The van der Waals surface area contributed by atoms with Crippen LogP contribution in [0.2, 0.25) is 19.6 Å². The van der Waals surface area contributed by atoms with Crippen LogP contribution in [0, 0.1) is 11.5 Å². The van der Waals surface area contributed by atoms with Crippen molar-refractivity contribution in [1.29, 1.82) is 0 Å². The predicted molar refractivity (Wildman–Crippen MR) is 116 cm³/mol. The molecule has 2 aliphatic heterocycles. The van der Waals surface area contributed by atoms with Gasteiger partial charge in [-0.3, -0.25) is 0 Å². The summed E-state index contributed by atoms with van der Waals surface area (Å²) < 4.78 is 11.1. The van der Waals surface area contributed by atoms with Crippen molar-refractivity contribution in [2.24, 2.45) is 0 Å². The van der Waals surface area contributed by atoms with E-state index >= 15 is 0 Å². The van der Waals surface area contributed by atoms with Crippen LogP contribution in [0.1, 0.15) is 37.9 Å². The van der Waals surface area contributed by atoms with Crippen molar-refractivity contribution < 1.29 is 14.3 Å². The van der Waals surface area contributed by atoms with Crippen LogP contribution in [0.3, 0.4) is 0 Å². The lowest BCUT2D eigenvalue weighted by Crippen LogP contribution is -2.42. The lowest BCUT2D eigenvalue weighted by atomic mass is 10.0. The molecule has 1 fully saturated rings. The fourth-order valence-electron chi connectivity index (χ4n) is 3.23. The maximum atomic E-state index is 12.6. The number of aromatic nitrogens is 2. The second-order valence-electron chi connectivity index (χ2n) is 9.55. The smallest absolute Gasteiger partial charge is 0.410 e. The van der Waals surface area contributed by atoms with Crippen LogP contribution in [0.5, 0.6) is 0 Å². The number of fused-ring (bicyclic) bond motifs is 1. The monoisotopic (exact) mass is 416 g/mol. The number of rotatable bonds is 1. The molecular weight excluding hydrogens is 384 g/mol. The van der Waals surface area contributed by atoms with E-state index in [4.69, 9.17) is 19.4 Å². The number of anilines is 1. The van der Waals surface area contributed by atoms with Crippen LogP contribution in [-0.2, 0) is 22.4 Å². The zero-order valence-corrected chi connectivity index (χ0v) is 19.5. The molecule has 0 atom stereocenters. The van der Waals surface area contributed by atoms with Gasteiger partial charge in [-0.2, -0.15) is 0 Å². The highest BCUT2D eigenvalue weighted by Crippen LogP contribution is 2.28. The highest BCUT2D eigenvalue weighted by molar-refractivity contribution is 6.83. The number of morpholine rings is 1. The standard InChI is InChI=1S/C21H32N4O3Si/c1-21(2,3)28-20(26)25-9-7-16-17(15-25)22-18(8-14-29(4,5)6)23-19(16)24-10-12-27-13-11-24/h7,9-13,15H2,1-6H3. The van der Waals surface area contributed by atoms with E-state index in [0.29, 0.717) is 38.5 Å². The number of amides is 1. The third-order valence-electron chi connectivity index (χ3n) is 4.55. The Morgan fingerprint density at radius 1 is 1.14 bits per heavy atom. The van der Waals surface area contributed by atoms with Crippen molar-refractivity contribution in [3.8, 4) is 11.5 Å². The molecule has 1 amide bonds. The molecule has 3 heterocycles. The number of nitrogens with zero attached hydrogens (tertiary/aromatic N) is 4. The Balaban J connectivity index is 1.94. The van der Waals surface area contributed by atoms with Gasteiger partial charge in [0.05, 0.1) is 25.5 Å². The highest BCUT2D eigenvalue weighted by atomic mass is 28.3. The van der Waals surface area contributed by atoms with Gasteiger partial charge in [0.15, 0.2) is 0 Å². The molecule has 1 aromatic heterocycles. The van der Waals surface area contributed by atoms with Crippen LogP contribution >= 0.6 is 0 Å². The highest BCUT2D eigenvalue weighted by Gasteiger charge is 2.30. The summed E-state index contributed by atoms with van der Waals surface area (Å²) >= 11 is 0. The summed E-state index contributed by atoms with van der Waals surface area (Å²) in [5, 5.41) is 0. The lowest BCUT2D eigenvalue weighted by molar-refractivity contribution is 0.0220. The Bertz CT molecular complexity index is 827. The molecule has 1 saturated heterocycles. The maximum Gasteiger partial charge on any atom is 0.410 e. The molecule has 7 nitrogen and oxygen atoms in total. The molecule has 0 unspecified atom stereocenters. The van der Waals surface area contributed by atoms with Gasteiger partial charge in [0, 0.05) is 25.2 Å². The van der Waals surface area contributed by atoms with Gasteiger partial charge < -0.3 is 19.3 Å². The first kappa shape index (κ1) is 21.6. The summed E-state index contributed by atoms with van der Waals surface area (Å²) in [5.74, 6) is 4.68. The van der Waals surface area contributed by atoms with Gasteiger partial charge in [0.2, 0.25) is 5.82 Å². The summed E-state index contributed by atoms with van der Waals surface area (Å²) in [7, 11) is -1.55. The van der Waals surface area contributed by atoms with E-state index in [2.05, 4.69) is 36.0 Å². The van der Waals surface area contributed by atoms with Crippen molar-refractivity contribution in [2.75, 3.05) is 37.7 Å². The quantitative estimate of drug-likeness (QED) is 0.518. The number of ether oxygens (including phenoxy) is 2. The molecule has 0 radical (unpaired) electrons. The Kier molecular flexibility index (Phi) is 6.20. The van der Waals surface area contributed by atoms with E-state index < -0.39 is 13.7 Å². The van der Waals surface area contributed by atoms with Gasteiger partial charge in [-0.25, -0.2) is 14.8 Å². The normalized spacial score (nSPS) is 17.3. The largest absolute Gasteiger partial charge is 0.444 e. The molecule has 0 saturated carbocycles. The van der Waals surface area contributed by atoms with E-state index in [1.807, 2.05) is 20.8 Å². The fraction of sp³-hybridized carbons (Fsp3) is 0.667. The van der Waals surface area contributed by atoms with Crippen LogP contribution in [0.4, 0.5) is 10.6 Å². The van der Waals surface area contributed by atoms with E-state index in [1.165, 1.54) is 0 Å². The van der Waals surface area contributed by atoms with Crippen molar-refractivity contribution >= 4 is 20.0 Å². The zero-order valence-electron chi connectivity index (χ0n) is 18.5. The van der Waals surface area contributed by atoms with E-state index in [1.54, 1.807) is 4.90 Å². The first-order valence-electron chi connectivity index (χ1n) is 10.3. The maximum absolute atomic E-state index is 12.6. The summed E-state index contributed by atoms with van der Waals surface area (Å²) in [4.78, 5) is 26.1. The van der Waals surface area contributed by atoms with Gasteiger partial charge >= 0.3 is 6.09 Å². The minimum Gasteiger partial charge on any atom is -0.444 e. The van der Waals surface area contributed by atoms with Gasteiger partial charge in [-0.05, 0) is 33.1 Å². The first-order chi connectivity index (χ1) is 13.5.